The van der Waals surface area contributed by atoms with Gasteiger partial charge < -0.3 is 19.7 Å². The van der Waals surface area contributed by atoms with E-state index in [1.54, 1.807) is 4.90 Å². The number of rotatable bonds is 8. The topological polar surface area (TPSA) is 60.8 Å². The highest BCUT2D eigenvalue weighted by molar-refractivity contribution is 6.04. The monoisotopic (exact) mass is 659 g/mol. The van der Waals surface area contributed by atoms with Crippen LogP contribution in [0.4, 0.5) is 11.4 Å². The summed E-state index contributed by atoms with van der Waals surface area (Å²) in [7, 11) is 2.05. The van der Waals surface area contributed by atoms with Gasteiger partial charge in [-0.2, -0.15) is 0 Å². The van der Waals surface area contributed by atoms with Crippen LogP contribution in [0, 0.1) is 6.92 Å². The summed E-state index contributed by atoms with van der Waals surface area (Å²) in [5.41, 5.74) is 9.32. The molecule has 5 aromatic carbocycles. The molecule has 0 aliphatic carbocycles. The predicted molar refractivity (Wildman–Crippen MR) is 201 cm³/mol. The van der Waals surface area contributed by atoms with Gasteiger partial charge in [-0.1, -0.05) is 97.1 Å². The zero-order valence-corrected chi connectivity index (χ0v) is 28.5. The Bertz CT molecular complexity index is 2110. The van der Waals surface area contributed by atoms with Crippen molar-refractivity contribution >= 4 is 34.1 Å². The molecule has 0 bridgehead atoms. The summed E-state index contributed by atoms with van der Waals surface area (Å²) >= 11 is 0. The Balaban J connectivity index is 0.955. The van der Waals surface area contributed by atoms with Gasteiger partial charge in [0.15, 0.2) is 0 Å². The Morgan fingerprint density at radius 2 is 1.34 bits per heavy atom. The van der Waals surface area contributed by atoms with E-state index in [2.05, 4.69) is 119 Å². The van der Waals surface area contributed by atoms with Gasteiger partial charge in [-0.25, -0.2) is 0 Å². The van der Waals surface area contributed by atoms with Gasteiger partial charge in [0, 0.05) is 72.3 Å². The number of hydrogen-bond acceptors (Lipinski definition) is 4. The lowest BCUT2D eigenvalue weighted by Crippen LogP contribution is -2.48. The fraction of sp³-hybridized carbons (Fsp3) is 0.209. The van der Waals surface area contributed by atoms with Gasteiger partial charge in [0.1, 0.15) is 6.54 Å². The van der Waals surface area contributed by atoms with Crippen molar-refractivity contribution in [3.8, 4) is 0 Å². The molecule has 2 aliphatic heterocycles. The summed E-state index contributed by atoms with van der Waals surface area (Å²) in [6.45, 7) is 5.75. The van der Waals surface area contributed by atoms with E-state index in [1.165, 1.54) is 11.1 Å². The number of nitrogens with one attached hydrogen (secondary N) is 1. The molecule has 1 unspecified atom stereocenters. The molecule has 6 aromatic rings. The zero-order chi connectivity index (χ0) is 34.2. The molecule has 0 radical (unpaired) electrons. The third-order valence-corrected chi connectivity index (χ3v) is 10.5. The number of fused-ring (bicyclic) bond motifs is 2. The van der Waals surface area contributed by atoms with Gasteiger partial charge in [0.05, 0.1) is 12.1 Å². The fourth-order valence-electron chi connectivity index (χ4n) is 7.97. The Morgan fingerprint density at radius 1 is 0.740 bits per heavy atom. The maximum atomic E-state index is 13.8. The Kier molecular flexibility index (Phi) is 8.43. The molecule has 7 heteroatoms. The van der Waals surface area contributed by atoms with Crippen LogP contribution in [0.5, 0.6) is 0 Å². The molecule has 2 aliphatic rings. The second kappa shape index (κ2) is 13.3. The van der Waals surface area contributed by atoms with E-state index < -0.39 is 0 Å². The standard InChI is InChI=1S/C43H41N5O2/c1-30-40(37-19-11-12-20-38(37)45(30)2)42-35-17-9-10-18-36(35)43(50)48(42)29-39(49)44-33-21-23-34(24-22-33)46-25-27-47(28-26-46)41(31-13-5-3-6-14-31)32-15-7-4-8-16-32/h3-24,41-42H,25-29H2,1-2H3,(H,44,49). The Labute approximate surface area is 293 Å². The van der Waals surface area contributed by atoms with Crippen LogP contribution in [0.1, 0.15) is 50.4 Å². The lowest BCUT2D eigenvalue weighted by atomic mass is 9.95. The molecule has 0 spiro atoms. The number of anilines is 2. The average molecular weight is 660 g/mol. The van der Waals surface area contributed by atoms with Gasteiger partial charge in [0.2, 0.25) is 5.91 Å². The first-order valence-corrected chi connectivity index (χ1v) is 17.4. The summed E-state index contributed by atoms with van der Waals surface area (Å²) in [6.07, 6.45) is 0. The molecule has 1 atom stereocenters. The van der Waals surface area contributed by atoms with Gasteiger partial charge in [0.25, 0.3) is 5.91 Å². The first-order valence-electron chi connectivity index (χ1n) is 17.4. The van der Waals surface area contributed by atoms with Crippen LogP contribution < -0.4 is 10.2 Å². The van der Waals surface area contributed by atoms with Crippen LogP contribution in [-0.2, 0) is 11.8 Å². The number of benzene rings is 5. The predicted octanol–water partition coefficient (Wildman–Crippen LogP) is 7.58. The lowest BCUT2D eigenvalue weighted by molar-refractivity contribution is -0.117. The van der Waals surface area contributed by atoms with Crippen LogP contribution >= 0.6 is 0 Å². The summed E-state index contributed by atoms with van der Waals surface area (Å²) in [4.78, 5) is 34.1. The van der Waals surface area contributed by atoms with E-state index >= 15 is 0 Å². The molecule has 1 aromatic heterocycles. The number of para-hydroxylation sites is 1. The lowest BCUT2D eigenvalue weighted by Gasteiger charge is -2.40. The molecule has 1 saturated heterocycles. The maximum Gasteiger partial charge on any atom is 0.255 e. The Morgan fingerprint density at radius 3 is 2.02 bits per heavy atom. The Hall–Kier alpha value is -5.66. The molecule has 3 heterocycles. The van der Waals surface area contributed by atoms with E-state index in [0.717, 1.165) is 59.6 Å². The number of carbonyl (C=O) groups excluding carboxylic acids is 2. The largest absolute Gasteiger partial charge is 0.369 e. The first kappa shape index (κ1) is 31.6. The van der Waals surface area contributed by atoms with E-state index in [1.807, 2.05) is 48.5 Å². The van der Waals surface area contributed by atoms with Gasteiger partial charge in [-0.3, -0.25) is 14.5 Å². The van der Waals surface area contributed by atoms with Crippen LogP contribution in [-0.4, -0.2) is 58.9 Å². The SMILES string of the molecule is Cc1c(C2c3ccccc3C(=O)N2CC(=O)Nc2ccc(N3CCN(C(c4ccccc4)c4ccccc4)CC3)cc2)c2ccccc2n1C. The van der Waals surface area contributed by atoms with Gasteiger partial charge >= 0.3 is 0 Å². The van der Waals surface area contributed by atoms with Gasteiger partial charge in [-0.05, 0) is 60.0 Å². The minimum Gasteiger partial charge on any atom is -0.369 e. The smallest absolute Gasteiger partial charge is 0.255 e. The number of aryl methyl sites for hydroxylation is 1. The van der Waals surface area contributed by atoms with Gasteiger partial charge in [-0.15, -0.1) is 0 Å². The zero-order valence-electron chi connectivity index (χ0n) is 28.5. The first-order chi connectivity index (χ1) is 24.5. The van der Waals surface area contributed by atoms with Crippen LogP contribution in [0.2, 0.25) is 0 Å². The molecule has 0 saturated carbocycles. The van der Waals surface area contributed by atoms with E-state index in [9.17, 15) is 9.59 Å². The van der Waals surface area contributed by atoms with Crippen molar-refractivity contribution in [1.82, 2.24) is 14.4 Å². The quantitative estimate of drug-likeness (QED) is 0.183. The number of aromatic nitrogens is 1. The molecule has 8 rings (SSSR count). The van der Waals surface area contributed by atoms with Crippen molar-refractivity contribution in [2.45, 2.75) is 19.0 Å². The summed E-state index contributed by atoms with van der Waals surface area (Å²) in [5, 5.41) is 4.17. The van der Waals surface area contributed by atoms with Crippen molar-refractivity contribution in [2.24, 2.45) is 7.05 Å². The molecule has 2 amide bonds. The third-order valence-electron chi connectivity index (χ3n) is 10.5. The summed E-state index contributed by atoms with van der Waals surface area (Å²) in [5.74, 6) is -0.340. The number of amides is 2. The molecule has 250 valence electrons. The normalized spacial score (nSPS) is 16.3. The highest BCUT2D eigenvalue weighted by Crippen LogP contribution is 2.43. The molecule has 1 N–H and O–H groups in total. The van der Waals surface area contributed by atoms with Crippen molar-refractivity contribution < 1.29 is 9.59 Å². The number of nitrogens with zero attached hydrogens (tertiary/aromatic N) is 4. The molecular formula is C43H41N5O2. The fourth-order valence-corrected chi connectivity index (χ4v) is 7.97. The van der Waals surface area contributed by atoms with E-state index in [4.69, 9.17) is 0 Å². The average Bonchev–Trinajstić information content (AvgIpc) is 3.57. The van der Waals surface area contributed by atoms with Crippen molar-refractivity contribution in [3.63, 3.8) is 0 Å². The van der Waals surface area contributed by atoms with Crippen molar-refractivity contribution in [2.75, 3.05) is 42.9 Å². The molecule has 7 nitrogen and oxygen atoms in total. The minimum atomic E-state index is -0.347. The van der Waals surface area contributed by atoms with E-state index in [-0.39, 0.29) is 30.4 Å². The summed E-state index contributed by atoms with van der Waals surface area (Å²) in [6, 6.07) is 45.5. The van der Waals surface area contributed by atoms with E-state index in [0.29, 0.717) is 11.3 Å². The second-order valence-electron chi connectivity index (χ2n) is 13.3. The maximum absolute atomic E-state index is 13.8. The highest BCUT2D eigenvalue weighted by atomic mass is 16.2. The molecule has 1 fully saturated rings. The van der Waals surface area contributed by atoms with Crippen LogP contribution in [0.15, 0.2) is 133 Å². The van der Waals surface area contributed by atoms with Crippen molar-refractivity contribution in [1.29, 1.82) is 0 Å². The van der Waals surface area contributed by atoms with Crippen LogP contribution in [0.3, 0.4) is 0 Å². The molecule has 50 heavy (non-hydrogen) atoms. The third kappa shape index (κ3) is 5.73. The number of piperazine rings is 1. The minimum absolute atomic E-state index is 0.0471. The van der Waals surface area contributed by atoms with Crippen LogP contribution in [0.25, 0.3) is 10.9 Å². The number of carbonyl (C=O) groups is 2. The highest BCUT2D eigenvalue weighted by Gasteiger charge is 2.40. The second-order valence-corrected chi connectivity index (χ2v) is 13.3. The van der Waals surface area contributed by atoms with Crippen molar-refractivity contribution in [3.05, 3.63) is 167 Å². The molecular weight excluding hydrogens is 619 g/mol. The summed E-state index contributed by atoms with van der Waals surface area (Å²) < 4.78 is 2.17. The number of hydrogen-bond donors (Lipinski definition) is 1.